The summed E-state index contributed by atoms with van der Waals surface area (Å²) in [4.78, 5) is 29.0. The first-order valence-corrected chi connectivity index (χ1v) is 10.7. The van der Waals surface area contributed by atoms with Crippen LogP contribution in [0, 0.1) is 10.1 Å². The summed E-state index contributed by atoms with van der Waals surface area (Å²) < 4.78 is 23.2. The molecule has 3 rings (SSSR count). The van der Waals surface area contributed by atoms with Crippen LogP contribution in [0.25, 0.3) is 0 Å². The maximum absolute atomic E-state index is 12.6. The molecule has 0 fully saturated rings. The van der Waals surface area contributed by atoms with Gasteiger partial charge in [0.05, 0.1) is 22.1 Å². The number of nitro groups is 1. The topological polar surface area (TPSA) is 110 Å². The number of benzodiazepines with no additional fused rings is 1. The van der Waals surface area contributed by atoms with Gasteiger partial charge in [-0.25, -0.2) is 8.42 Å². The van der Waals surface area contributed by atoms with E-state index in [0.717, 1.165) is 6.26 Å². The summed E-state index contributed by atoms with van der Waals surface area (Å²) in [5, 5.41) is 11.7. The molecule has 2 aromatic rings. The Labute approximate surface area is 166 Å². The van der Waals surface area contributed by atoms with Gasteiger partial charge in [-0.1, -0.05) is 29.8 Å². The summed E-state index contributed by atoms with van der Waals surface area (Å²) in [5.74, 6) is -0.642. The lowest BCUT2D eigenvalue weighted by Crippen LogP contribution is -2.36. The first kappa shape index (κ1) is 20.0. The van der Waals surface area contributed by atoms with E-state index in [1.165, 1.54) is 23.1 Å². The van der Waals surface area contributed by atoms with Crippen LogP contribution in [0.2, 0.25) is 5.02 Å². The molecule has 1 aliphatic rings. The molecule has 0 N–H and O–H groups in total. The third kappa shape index (κ3) is 4.20. The number of nitrogens with zero attached hydrogens (tertiary/aromatic N) is 3. The van der Waals surface area contributed by atoms with E-state index in [0.29, 0.717) is 27.5 Å². The van der Waals surface area contributed by atoms with Crippen molar-refractivity contribution >= 4 is 44.4 Å². The second-order valence-electron chi connectivity index (χ2n) is 6.28. The summed E-state index contributed by atoms with van der Waals surface area (Å²) in [6.45, 7) is -0.305. The quantitative estimate of drug-likeness (QED) is 0.544. The molecule has 1 amide bonds. The summed E-state index contributed by atoms with van der Waals surface area (Å²) in [6.07, 6.45) is 1.08. The second-order valence-corrected chi connectivity index (χ2v) is 8.95. The Bertz CT molecular complexity index is 1100. The highest BCUT2D eigenvalue weighted by Crippen LogP contribution is 2.32. The molecule has 0 saturated carbocycles. The number of fused-ring (bicyclic) bond motifs is 1. The molecule has 0 spiro atoms. The molecule has 8 nitrogen and oxygen atoms in total. The van der Waals surface area contributed by atoms with Gasteiger partial charge in [0.2, 0.25) is 5.91 Å². The van der Waals surface area contributed by atoms with Gasteiger partial charge >= 0.3 is 0 Å². The highest BCUT2D eigenvalue weighted by Gasteiger charge is 2.28. The summed E-state index contributed by atoms with van der Waals surface area (Å²) >= 11 is 6.28. The van der Waals surface area contributed by atoms with Crippen molar-refractivity contribution in [3.05, 3.63) is 68.7 Å². The summed E-state index contributed by atoms with van der Waals surface area (Å²) in [7, 11) is -3.32. The van der Waals surface area contributed by atoms with Crippen molar-refractivity contribution in [3.8, 4) is 0 Å². The Kier molecular flexibility index (Phi) is 5.48. The molecule has 1 aliphatic heterocycles. The maximum atomic E-state index is 12.6. The van der Waals surface area contributed by atoms with Gasteiger partial charge < -0.3 is 4.90 Å². The molecule has 10 heteroatoms. The van der Waals surface area contributed by atoms with Crippen molar-refractivity contribution in [2.24, 2.45) is 4.99 Å². The van der Waals surface area contributed by atoms with Gasteiger partial charge in [-0.2, -0.15) is 0 Å². The summed E-state index contributed by atoms with van der Waals surface area (Å²) in [6, 6.07) is 10.9. The van der Waals surface area contributed by atoms with E-state index >= 15 is 0 Å². The number of benzene rings is 2. The summed E-state index contributed by atoms with van der Waals surface area (Å²) in [5.41, 5.74) is 1.41. The van der Waals surface area contributed by atoms with Crippen LogP contribution in [-0.2, 0) is 14.6 Å². The van der Waals surface area contributed by atoms with E-state index in [4.69, 9.17) is 11.6 Å². The van der Waals surface area contributed by atoms with Gasteiger partial charge in [-0.15, -0.1) is 0 Å². The van der Waals surface area contributed by atoms with E-state index < -0.39 is 20.7 Å². The number of nitro benzene ring substituents is 1. The Morgan fingerprint density at radius 2 is 1.93 bits per heavy atom. The maximum Gasteiger partial charge on any atom is 0.270 e. The number of rotatable bonds is 5. The minimum absolute atomic E-state index is 0.0756. The molecule has 0 bridgehead atoms. The molecule has 0 saturated heterocycles. The van der Waals surface area contributed by atoms with Crippen LogP contribution in [0.5, 0.6) is 0 Å². The van der Waals surface area contributed by atoms with Crippen LogP contribution >= 0.6 is 11.6 Å². The third-order valence-corrected chi connectivity index (χ3v) is 5.48. The van der Waals surface area contributed by atoms with Crippen molar-refractivity contribution in [2.75, 3.05) is 30.0 Å². The van der Waals surface area contributed by atoms with Crippen LogP contribution in [0.3, 0.4) is 0 Å². The first-order valence-electron chi connectivity index (χ1n) is 8.23. The lowest BCUT2D eigenvalue weighted by molar-refractivity contribution is -0.384. The number of amides is 1. The fourth-order valence-electron chi connectivity index (χ4n) is 2.90. The number of carbonyl (C=O) groups is 1. The molecule has 0 atom stereocenters. The largest absolute Gasteiger partial charge is 0.309 e. The molecule has 28 heavy (non-hydrogen) atoms. The highest BCUT2D eigenvalue weighted by molar-refractivity contribution is 7.90. The standard InChI is InChI=1S/C18H16ClN3O5S/c1-28(26,27)9-8-21-16-7-6-12(22(24)25)10-14(16)18(20-11-17(21)23)13-4-2-3-5-15(13)19/h2-7,10H,8-9,11H2,1H3. The average Bonchev–Trinajstić information content (AvgIpc) is 2.75. The smallest absolute Gasteiger partial charge is 0.270 e. The molecule has 0 aliphatic carbocycles. The van der Waals surface area contributed by atoms with Gasteiger partial charge in [-0.3, -0.25) is 19.9 Å². The van der Waals surface area contributed by atoms with Crippen molar-refractivity contribution in [1.82, 2.24) is 0 Å². The minimum Gasteiger partial charge on any atom is -0.309 e. The number of aliphatic imine (C=N–C) groups is 1. The Balaban J connectivity index is 2.19. The number of hydrogen-bond acceptors (Lipinski definition) is 6. The second kappa shape index (κ2) is 7.69. The zero-order valence-electron chi connectivity index (χ0n) is 14.8. The number of sulfone groups is 1. The number of carbonyl (C=O) groups excluding carboxylic acids is 1. The number of halogens is 1. The van der Waals surface area contributed by atoms with Gasteiger partial charge in [0.1, 0.15) is 16.4 Å². The Morgan fingerprint density at radius 3 is 2.57 bits per heavy atom. The normalized spacial score (nSPS) is 14.3. The molecular weight excluding hydrogens is 406 g/mol. The molecule has 0 radical (unpaired) electrons. The van der Waals surface area contributed by atoms with Crippen LogP contribution in [0.4, 0.5) is 11.4 Å². The zero-order chi connectivity index (χ0) is 20.5. The Hall–Kier alpha value is -2.78. The van der Waals surface area contributed by atoms with Crippen LogP contribution in [0.1, 0.15) is 11.1 Å². The molecular formula is C18H16ClN3O5S. The average molecular weight is 422 g/mol. The van der Waals surface area contributed by atoms with Gasteiger partial charge in [0.25, 0.3) is 5.69 Å². The molecule has 0 unspecified atom stereocenters. The van der Waals surface area contributed by atoms with E-state index in [-0.39, 0.29) is 24.5 Å². The van der Waals surface area contributed by atoms with Crippen LogP contribution in [0.15, 0.2) is 47.5 Å². The molecule has 146 valence electrons. The highest BCUT2D eigenvalue weighted by atomic mass is 35.5. The zero-order valence-corrected chi connectivity index (χ0v) is 16.4. The molecule has 2 aromatic carbocycles. The lowest BCUT2D eigenvalue weighted by atomic mass is 9.99. The van der Waals surface area contributed by atoms with E-state index in [9.17, 15) is 23.3 Å². The van der Waals surface area contributed by atoms with E-state index in [1.54, 1.807) is 24.3 Å². The third-order valence-electron chi connectivity index (χ3n) is 4.23. The molecule has 1 heterocycles. The van der Waals surface area contributed by atoms with Crippen LogP contribution in [-0.4, -0.2) is 50.1 Å². The van der Waals surface area contributed by atoms with E-state index in [2.05, 4.69) is 4.99 Å². The van der Waals surface area contributed by atoms with Gasteiger partial charge in [0, 0.05) is 41.1 Å². The Morgan fingerprint density at radius 1 is 1.21 bits per heavy atom. The van der Waals surface area contributed by atoms with Crippen molar-refractivity contribution < 1.29 is 18.1 Å². The number of non-ortho nitro benzene ring substituents is 1. The van der Waals surface area contributed by atoms with E-state index in [1.807, 2.05) is 0 Å². The van der Waals surface area contributed by atoms with Crippen molar-refractivity contribution in [3.63, 3.8) is 0 Å². The first-order chi connectivity index (χ1) is 13.2. The minimum atomic E-state index is -3.32. The number of anilines is 1. The predicted octanol–water partition coefficient (Wildman–Crippen LogP) is 2.48. The van der Waals surface area contributed by atoms with Gasteiger partial charge in [-0.05, 0) is 12.1 Å². The fourth-order valence-corrected chi connectivity index (χ4v) is 3.64. The SMILES string of the molecule is CS(=O)(=O)CCN1C(=O)CN=C(c2ccccc2Cl)c2cc([N+](=O)[O-])ccc21. The predicted molar refractivity (Wildman–Crippen MR) is 107 cm³/mol. The molecule has 0 aromatic heterocycles. The van der Waals surface area contributed by atoms with Crippen LogP contribution < -0.4 is 4.90 Å². The van der Waals surface area contributed by atoms with Gasteiger partial charge in [0.15, 0.2) is 0 Å². The monoisotopic (exact) mass is 421 g/mol. The van der Waals surface area contributed by atoms with Crippen molar-refractivity contribution in [2.45, 2.75) is 0 Å². The fraction of sp³-hybridized carbons (Fsp3) is 0.222. The van der Waals surface area contributed by atoms with Crippen molar-refractivity contribution in [1.29, 1.82) is 0 Å². The number of hydrogen-bond donors (Lipinski definition) is 0. The lowest BCUT2D eigenvalue weighted by Gasteiger charge is -2.22.